The van der Waals surface area contributed by atoms with Crippen molar-refractivity contribution in [3.8, 4) is 0 Å². The van der Waals surface area contributed by atoms with Crippen LogP contribution in [0, 0.1) is 12.7 Å². The summed E-state index contributed by atoms with van der Waals surface area (Å²) in [6.45, 7) is 8.12. The molecule has 0 aliphatic rings. The average Bonchev–Trinajstić information content (AvgIpc) is 2.49. The molecule has 2 aromatic carbocycles. The summed E-state index contributed by atoms with van der Waals surface area (Å²) < 4.78 is 13.4. The van der Waals surface area contributed by atoms with E-state index in [1.165, 1.54) is 17.7 Å². The molecule has 2 aromatic rings. The van der Waals surface area contributed by atoms with Gasteiger partial charge in [0, 0.05) is 17.3 Å². The molecular formula is C20H22FNO. The van der Waals surface area contributed by atoms with Crippen LogP contribution in [0.2, 0.25) is 0 Å². The smallest absolute Gasteiger partial charge is 0.248 e. The molecule has 23 heavy (non-hydrogen) atoms. The predicted molar refractivity (Wildman–Crippen MR) is 93.9 cm³/mol. The van der Waals surface area contributed by atoms with Crippen LogP contribution in [-0.2, 0) is 10.2 Å². The zero-order valence-electron chi connectivity index (χ0n) is 14.0. The minimum Gasteiger partial charge on any atom is -0.322 e. The predicted octanol–water partition coefficient (Wildman–Crippen LogP) is 5.08. The number of amides is 1. The van der Waals surface area contributed by atoms with Gasteiger partial charge in [-0.2, -0.15) is 0 Å². The Balaban J connectivity index is 2.05. The summed E-state index contributed by atoms with van der Waals surface area (Å²) in [6.07, 6.45) is 3.20. The van der Waals surface area contributed by atoms with Gasteiger partial charge >= 0.3 is 0 Å². The number of rotatable bonds is 3. The van der Waals surface area contributed by atoms with Crippen LogP contribution < -0.4 is 5.32 Å². The minimum atomic E-state index is -0.329. The Hall–Kier alpha value is -2.42. The second kappa shape index (κ2) is 6.78. The van der Waals surface area contributed by atoms with Gasteiger partial charge in [0.1, 0.15) is 5.82 Å². The van der Waals surface area contributed by atoms with Crippen LogP contribution in [0.5, 0.6) is 0 Å². The van der Waals surface area contributed by atoms with Crippen molar-refractivity contribution in [3.05, 3.63) is 71.0 Å². The lowest BCUT2D eigenvalue weighted by molar-refractivity contribution is -0.111. The molecule has 0 heterocycles. The maximum Gasteiger partial charge on any atom is 0.248 e. The lowest BCUT2D eigenvalue weighted by Gasteiger charge is -2.18. The molecular weight excluding hydrogens is 289 g/mol. The highest BCUT2D eigenvalue weighted by Crippen LogP contribution is 2.22. The Bertz CT molecular complexity index is 724. The average molecular weight is 311 g/mol. The van der Waals surface area contributed by atoms with E-state index >= 15 is 0 Å². The minimum absolute atomic E-state index is 0.106. The molecule has 1 N–H and O–H groups in total. The van der Waals surface area contributed by atoms with Gasteiger partial charge in [-0.1, -0.05) is 51.1 Å². The fraction of sp³-hybridized carbons (Fsp3) is 0.250. The third kappa shape index (κ3) is 4.52. The van der Waals surface area contributed by atoms with Crippen molar-refractivity contribution in [3.63, 3.8) is 0 Å². The van der Waals surface area contributed by atoms with E-state index in [1.54, 1.807) is 25.1 Å². The van der Waals surface area contributed by atoms with Crippen molar-refractivity contribution >= 4 is 17.7 Å². The Kier molecular flexibility index (Phi) is 4.99. The maximum absolute atomic E-state index is 13.4. The standard InChI is InChI=1S/C20H22FNO/c1-14-17(21)6-5-7-18(14)22-19(23)13-10-15-8-11-16(12-9-15)20(2,3)4/h5-13H,1-4H3,(H,22,23)/b13-10+. The number of anilines is 1. The second-order valence-corrected chi connectivity index (χ2v) is 6.61. The lowest BCUT2D eigenvalue weighted by Crippen LogP contribution is -2.10. The zero-order valence-corrected chi connectivity index (χ0v) is 14.0. The fourth-order valence-electron chi connectivity index (χ4n) is 2.18. The van der Waals surface area contributed by atoms with E-state index in [0.717, 1.165) is 5.56 Å². The first-order chi connectivity index (χ1) is 10.8. The molecule has 3 heteroatoms. The summed E-state index contributed by atoms with van der Waals surface area (Å²) in [5, 5.41) is 2.69. The molecule has 0 spiro atoms. The zero-order chi connectivity index (χ0) is 17.0. The normalized spacial score (nSPS) is 11.7. The second-order valence-electron chi connectivity index (χ2n) is 6.61. The number of hydrogen-bond donors (Lipinski definition) is 1. The van der Waals surface area contributed by atoms with Gasteiger partial charge in [0.15, 0.2) is 0 Å². The van der Waals surface area contributed by atoms with E-state index in [4.69, 9.17) is 0 Å². The van der Waals surface area contributed by atoms with E-state index in [0.29, 0.717) is 11.3 Å². The molecule has 0 unspecified atom stereocenters. The lowest BCUT2D eigenvalue weighted by atomic mass is 9.87. The molecule has 0 fully saturated rings. The van der Waals surface area contributed by atoms with E-state index in [9.17, 15) is 9.18 Å². The Morgan fingerprint density at radius 1 is 1.09 bits per heavy atom. The van der Waals surface area contributed by atoms with E-state index in [2.05, 4.69) is 38.2 Å². The highest BCUT2D eigenvalue weighted by molar-refractivity contribution is 6.02. The molecule has 0 atom stereocenters. The van der Waals surface area contributed by atoms with Gasteiger partial charge in [0.05, 0.1) is 0 Å². The van der Waals surface area contributed by atoms with Crippen molar-refractivity contribution in [2.75, 3.05) is 5.32 Å². The molecule has 120 valence electrons. The SMILES string of the molecule is Cc1c(F)cccc1NC(=O)/C=C/c1ccc(C(C)(C)C)cc1. The summed E-state index contributed by atoms with van der Waals surface area (Å²) in [7, 11) is 0. The van der Waals surface area contributed by atoms with Gasteiger partial charge < -0.3 is 5.32 Å². The highest BCUT2D eigenvalue weighted by Gasteiger charge is 2.12. The van der Waals surface area contributed by atoms with Gasteiger partial charge in [0.25, 0.3) is 0 Å². The van der Waals surface area contributed by atoms with Gasteiger partial charge in [-0.05, 0) is 41.7 Å². The number of nitrogens with one attached hydrogen (secondary N) is 1. The Labute approximate surface area is 137 Å². The maximum atomic E-state index is 13.4. The third-order valence-corrected chi connectivity index (χ3v) is 3.73. The van der Waals surface area contributed by atoms with Crippen LogP contribution in [0.3, 0.4) is 0 Å². The number of carbonyl (C=O) groups is 1. The number of halogens is 1. The number of hydrogen-bond acceptors (Lipinski definition) is 1. The molecule has 0 bridgehead atoms. The molecule has 2 nitrogen and oxygen atoms in total. The number of carbonyl (C=O) groups excluding carboxylic acids is 1. The quantitative estimate of drug-likeness (QED) is 0.787. The molecule has 1 amide bonds. The topological polar surface area (TPSA) is 29.1 Å². The summed E-state index contributed by atoms with van der Waals surface area (Å²) >= 11 is 0. The van der Waals surface area contributed by atoms with E-state index < -0.39 is 0 Å². The first-order valence-electron chi connectivity index (χ1n) is 7.62. The van der Waals surface area contributed by atoms with Crippen molar-refractivity contribution in [2.45, 2.75) is 33.1 Å². The van der Waals surface area contributed by atoms with Crippen LogP contribution in [0.25, 0.3) is 6.08 Å². The van der Waals surface area contributed by atoms with Crippen LogP contribution in [0.4, 0.5) is 10.1 Å². The Morgan fingerprint density at radius 2 is 1.74 bits per heavy atom. The van der Waals surface area contributed by atoms with Crippen molar-refractivity contribution < 1.29 is 9.18 Å². The molecule has 0 aliphatic heterocycles. The van der Waals surface area contributed by atoms with Gasteiger partial charge in [-0.25, -0.2) is 4.39 Å². The first-order valence-corrected chi connectivity index (χ1v) is 7.62. The number of benzene rings is 2. The van der Waals surface area contributed by atoms with Crippen LogP contribution in [-0.4, -0.2) is 5.91 Å². The molecule has 0 aromatic heterocycles. The Morgan fingerprint density at radius 3 is 2.35 bits per heavy atom. The van der Waals surface area contributed by atoms with Crippen molar-refractivity contribution in [1.29, 1.82) is 0 Å². The monoisotopic (exact) mass is 311 g/mol. The third-order valence-electron chi connectivity index (χ3n) is 3.73. The van der Waals surface area contributed by atoms with Crippen LogP contribution >= 0.6 is 0 Å². The van der Waals surface area contributed by atoms with Crippen LogP contribution in [0.1, 0.15) is 37.5 Å². The molecule has 0 radical (unpaired) electrons. The largest absolute Gasteiger partial charge is 0.322 e. The van der Waals surface area contributed by atoms with Crippen molar-refractivity contribution in [1.82, 2.24) is 0 Å². The fourth-order valence-corrected chi connectivity index (χ4v) is 2.18. The van der Waals surface area contributed by atoms with E-state index in [1.807, 2.05) is 12.1 Å². The van der Waals surface area contributed by atoms with Gasteiger partial charge in [-0.3, -0.25) is 4.79 Å². The van der Waals surface area contributed by atoms with Crippen LogP contribution in [0.15, 0.2) is 48.5 Å². The van der Waals surface area contributed by atoms with Crippen molar-refractivity contribution in [2.24, 2.45) is 0 Å². The highest BCUT2D eigenvalue weighted by atomic mass is 19.1. The van der Waals surface area contributed by atoms with Gasteiger partial charge in [-0.15, -0.1) is 0 Å². The first kappa shape index (κ1) is 16.9. The van der Waals surface area contributed by atoms with Gasteiger partial charge in [0.2, 0.25) is 5.91 Å². The molecule has 2 rings (SSSR count). The summed E-state index contributed by atoms with van der Waals surface area (Å²) in [5.41, 5.74) is 3.22. The molecule has 0 saturated carbocycles. The molecule has 0 aliphatic carbocycles. The summed E-state index contributed by atoms with van der Waals surface area (Å²) in [5.74, 6) is -0.608. The molecule has 0 saturated heterocycles. The summed E-state index contributed by atoms with van der Waals surface area (Å²) in [4.78, 5) is 12.0. The summed E-state index contributed by atoms with van der Waals surface area (Å²) in [6, 6.07) is 12.7. The van der Waals surface area contributed by atoms with E-state index in [-0.39, 0.29) is 17.1 Å².